The number of nitrogens with one attached hydrogen (secondary N) is 1. The predicted octanol–water partition coefficient (Wildman–Crippen LogP) is 3.99. The molecule has 1 aliphatic rings. The molecule has 1 fully saturated rings. The van der Waals surface area contributed by atoms with Crippen LogP contribution in [0.3, 0.4) is 0 Å². The summed E-state index contributed by atoms with van der Waals surface area (Å²) in [6, 6.07) is 12.4. The van der Waals surface area contributed by atoms with Gasteiger partial charge in [0, 0.05) is 39.0 Å². The normalized spacial score (nSPS) is 15.6. The van der Waals surface area contributed by atoms with E-state index in [0.29, 0.717) is 56.9 Å². The Morgan fingerprint density at radius 1 is 1.13 bits per heavy atom. The fourth-order valence-electron chi connectivity index (χ4n) is 3.95. The Morgan fingerprint density at radius 3 is 2.53 bits per heavy atom. The standard InChI is InChI=1S/C24H30FNO4/c1-28-13-3-12-26-23(27)24(10-14-30-15-11-24)17-18-4-6-19(7-5-18)21-16-20(25)8-9-22(21)29-2/h4-9,16H,3,10-15,17H2,1-2H3,(H,26,27). The Balaban J connectivity index is 1.75. The fraction of sp³-hybridized carbons (Fsp3) is 0.458. The number of ether oxygens (including phenoxy) is 3. The molecule has 0 saturated carbocycles. The van der Waals surface area contributed by atoms with Crippen LogP contribution in [0.2, 0.25) is 0 Å². The van der Waals surface area contributed by atoms with E-state index < -0.39 is 5.41 Å². The third-order valence-corrected chi connectivity index (χ3v) is 5.71. The number of benzene rings is 2. The fourth-order valence-corrected chi connectivity index (χ4v) is 3.95. The number of carbonyl (C=O) groups is 1. The molecule has 5 nitrogen and oxygen atoms in total. The Morgan fingerprint density at radius 2 is 1.87 bits per heavy atom. The molecule has 3 rings (SSSR count). The minimum absolute atomic E-state index is 0.0813. The van der Waals surface area contributed by atoms with Crippen LogP contribution in [0.4, 0.5) is 4.39 Å². The van der Waals surface area contributed by atoms with Gasteiger partial charge in [-0.3, -0.25) is 4.79 Å². The summed E-state index contributed by atoms with van der Waals surface area (Å²) in [5, 5.41) is 3.07. The van der Waals surface area contributed by atoms with Crippen LogP contribution in [0.1, 0.15) is 24.8 Å². The molecule has 0 spiro atoms. The molecule has 1 aliphatic heterocycles. The van der Waals surface area contributed by atoms with E-state index in [1.165, 1.54) is 12.1 Å². The third kappa shape index (κ3) is 5.37. The van der Waals surface area contributed by atoms with E-state index in [2.05, 4.69) is 5.32 Å². The van der Waals surface area contributed by atoms with E-state index in [1.807, 2.05) is 24.3 Å². The average molecular weight is 416 g/mol. The zero-order valence-corrected chi connectivity index (χ0v) is 17.7. The van der Waals surface area contributed by atoms with E-state index >= 15 is 0 Å². The van der Waals surface area contributed by atoms with Gasteiger partial charge in [-0.1, -0.05) is 24.3 Å². The number of hydrogen-bond donors (Lipinski definition) is 1. The summed E-state index contributed by atoms with van der Waals surface area (Å²) in [5.74, 6) is 0.402. The van der Waals surface area contributed by atoms with Gasteiger partial charge in [0.05, 0.1) is 12.5 Å². The molecule has 6 heteroatoms. The second kappa shape index (κ2) is 10.5. The van der Waals surface area contributed by atoms with Gasteiger partial charge in [0.25, 0.3) is 0 Å². The molecule has 2 aromatic carbocycles. The first-order valence-corrected chi connectivity index (χ1v) is 10.4. The molecule has 0 aromatic heterocycles. The molecular formula is C24H30FNO4. The average Bonchev–Trinajstić information content (AvgIpc) is 2.77. The molecule has 2 aromatic rings. The maximum absolute atomic E-state index is 13.7. The lowest BCUT2D eigenvalue weighted by Gasteiger charge is -2.36. The van der Waals surface area contributed by atoms with Crippen LogP contribution in [0.15, 0.2) is 42.5 Å². The quantitative estimate of drug-likeness (QED) is 0.629. The number of rotatable bonds is 9. The van der Waals surface area contributed by atoms with Gasteiger partial charge in [0.1, 0.15) is 11.6 Å². The zero-order valence-electron chi connectivity index (χ0n) is 17.7. The first-order valence-electron chi connectivity index (χ1n) is 10.4. The summed E-state index contributed by atoms with van der Waals surface area (Å²) in [6.45, 7) is 2.41. The molecule has 0 aliphatic carbocycles. The van der Waals surface area contributed by atoms with Gasteiger partial charge < -0.3 is 19.5 Å². The molecule has 1 heterocycles. The monoisotopic (exact) mass is 415 g/mol. The number of carbonyl (C=O) groups excluding carboxylic acids is 1. The van der Waals surface area contributed by atoms with Gasteiger partial charge in [-0.15, -0.1) is 0 Å². The van der Waals surface area contributed by atoms with Gasteiger partial charge in [-0.25, -0.2) is 4.39 Å². The summed E-state index contributed by atoms with van der Waals surface area (Å²) < 4.78 is 29.7. The first kappa shape index (κ1) is 22.2. The molecule has 0 atom stereocenters. The summed E-state index contributed by atoms with van der Waals surface area (Å²) >= 11 is 0. The van der Waals surface area contributed by atoms with E-state index in [1.54, 1.807) is 20.3 Å². The van der Waals surface area contributed by atoms with Crippen molar-refractivity contribution in [2.75, 3.05) is 40.6 Å². The van der Waals surface area contributed by atoms with E-state index in [0.717, 1.165) is 17.5 Å². The van der Waals surface area contributed by atoms with Crippen LogP contribution in [0.25, 0.3) is 11.1 Å². The minimum Gasteiger partial charge on any atom is -0.496 e. The van der Waals surface area contributed by atoms with Crippen molar-refractivity contribution in [3.63, 3.8) is 0 Å². The van der Waals surface area contributed by atoms with Gasteiger partial charge >= 0.3 is 0 Å². The smallest absolute Gasteiger partial charge is 0.226 e. The molecule has 0 radical (unpaired) electrons. The second-order valence-corrected chi connectivity index (χ2v) is 7.71. The molecule has 0 bridgehead atoms. The molecule has 1 N–H and O–H groups in total. The van der Waals surface area contributed by atoms with Crippen LogP contribution in [-0.4, -0.2) is 46.5 Å². The van der Waals surface area contributed by atoms with Crippen LogP contribution >= 0.6 is 0 Å². The van der Waals surface area contributed by atoms with Crippen molar-refractivity contribution in [2.24, 2.45) is 5.41 Å². The summed E-state index contributed by atoms with van der Waals surface area (Å²) in [4.78, 5) is 13.0. The topological polar surface area (TPSA) is 56.8 Å². The molecule has 1 saturated heterocycles. The zero-order chi connectivity index (χ0) is 21.4. The number of hydrogen-bond acceptors (Lipinski definition) is 4. The highest BCUT2D eigenvalue weighted by Gasteiger charge is 2.39. The number of methoxy groups -OCH3 is 2. The van der Waals surface area contributed by atoms with Crippen molar-refractivity contribution < 1.29 is 23.4 Å². The molecule has 30 heavy (non-hydrogen) atoms. The molecular weight excluding hydrogens is 385 g/mol. The SMILES string of the molecule is COCCCNC(=O)C1(Cc2ccc(-c3cc(F)ccc3OC)cc2)CCOCC1. The lowest BCUT2D eigenvalue weighted by atomic mass is 9.74. The van der Waals surface area contributed by atoms with Crippen molar-refractivity contribution in [3.8, 4) is 16.9 Å². The van der Waals surface area contributed by atoms with Crippen molar-refractivity contribution in [1.82, 2.24) is 5.32 Å². The first-order chi connectivity index (χ1) is 14.6. The summed E-state index contributed by atoms with van der Waals surface area (Å²) in [7, 11) is 3.23. The summed E-state index contributed by atoms with van der Waals surface area (Å²) in [6.07, 6.45) is 2.83. The van der Waals surface area contributed by atoms with Crippen LogP contribution in [0, 0.1) is 11.2 Å². The van der Waals surface area contributed by atoms with Gasteiger partial charge in [-0.05, 0) is 55.0 Å². The second-order valence-electron chi connectivity index (χ2n) is 7.71. The van der Waals surface area contributed by atoms with Crippen molar-refractivity contribution >= 4 is 5.91 Å². The largest absolute Gasteiger partial charge is 0.496 e. The highest BCUT2D eigenvalue weighted by Crippen LogP contribution is 2.36. The lowest BCUT2D eigenvalue weighted by Crippen LogP contribution is -2.46. The summed E-state index contributed by atoms with van der Waals surface area (Å²) in [5.41, 5.74) is 2.19. The third-order valence-electron chi connectivity index (χ3n) is 5.71. The Bertz CT molecular complexity index is 832. The van der Waals surface area contributed by atoms with Gasteiger partial charge in [0.15, 0.2) is 0 Å². The van der Waals surface area contributed by atoms with Gasteiger partial charge in [0.2, 0.25) is 5.91 Å². The molecule has 0 unspecified atom stereocenters. The highest BCUT2D eigenvalue weighted by atomic mass is 19.1. The lowest BCUT2D eigenvalue weighted by molar-refractivity contribution is -0.136. The van der Waals surface area contributed by atoms with Crippen molar-refractivity contribution in [3.05, 3.63) is 53.8 Å². The van der Waals surface area contributed by atoms with E-state index in [9.17, 15) is 9.18 Å². The maximum Gasteiger partial charge on any atom is 0.226 e. The van der Waals surface area contributed by atoms with Gasteiger partial charge in [-0.2, -0.15) is 0 Å². The molecule has 1 amide bonds. The van der Waals surface area contributed by atoms with E-state index in [4.69, 9.17) is 14.2 Å². The van der Waals surface area contributed by atoms with Crippen molar-refractivity contribution in [1.29, 1.82) is 0 Å². The number of amides is 1. The maximum atomic E-state index is 13.7. The Hall–Kier alpha value is -2.44. The minimum atomic E-state index is -0.469. The predicted molar refractivity (Wildman–Crippen MR) is 114 cm³/mol. The van der Waals surface area contributed by atoms with Crippen LogP contribution < -0.4 is 10.1 Å². The Labute approximate surface area is 177 Å². The van der Waals surface area contributed by atoms with Crippen molar-refractivity contribution in [2.45, 2.75) is 25.7 Å². The highest BCUT2D eigenvalue weighted by molar-refractivity contribution is 5.83. The van der Waals surface area contributed by atoms with E-state index in [-0.39, 0.29) is 11.7 Å². The van der Waals surface area contributed by atoms with Crippen LogP contribution in [-0.2, 0) is 20.7 Å². The van der Waals surface area contributed by atoms with Crippen LogP contribution in [0.5, 0.6) is 5.75 Å². The molecule has 162 valence electrons. The number of halogens is 1. The Kier molecular flexibility index (Phi) is 7.82.